The van der Waals surface area contributed by atoms with Crippen LogP contribution in [0.5, 0.6) is 0 Å². The van der Waals surface area contributed by atoms with E-state index < -0.39 is 0 Å². The monoisotopic (exact) mass is 187 g/mol. The summed E-state index contributed by atoms with van der Waals surface area (Å²) >= 11 is 0. The highest BCUT2D eigenvalue weighted by molar-refractivity contribution is 4.72. The van der Waals surface area contributed by atoms with Gasteiger partial charge in [0.05, 0.1) is 0 Å². The summed E-state index contributed by atoms with van der Waals surface area (Å²) in [6, 6.07) is 0. The molecule has 0 fully saturated rings. The Bertz CT molecular complexity index is 111. The fourth-order valence-corrected chi connectivity index (χ4v) is 1.09. The Hall–Kier alpha value is -0.0800. The highest BCUT2D eigenvalue weighted by Gasteiger charge is 2.19. The quantitative estimate of drug-likeness (QED) is 0.593. The molecular weight excluding hydrogens is 162 g/mol. The molecule has 1 unspecified atom stereocenters. The zero-order valence-corrected chi connectivity index (χ0v) is 9.44. The average molecular weight is 187 g/mol. The molecule has 2 heteroatoms. The van der Waals surface area contributed by atoms with E-state index in [1.54, 1.807) is 0 Å². The van der Waals surface area contributed by atoms with Crippen LogP contribution in [0.15, 0.2) is 0 Å². The van der Waals surface area contributed by atoms with Gasteiger partial charge >= 0.3 is 0 Å². The Labute approximate surface area is 82.8 Å². The van der Waals surface area contributed by atoms with Crippen molar-refractivity contribution in [3.63, 3.8) is 0 Å². The van der Waals surface area contributed by atoms with E-state index in [1.165, 1.54) is 12.8 Å². The van der Waals surface area contributed by atoms with Crippen molar-refractivity contribution >= 4 is 0 Å². The van der Waals surface area contributed by atoms with Crippen molar-refractivity contribution < 1.29 is 4.74 Å². The van der Waals surface area contributed by atoms with Gasteiger partial charge in [0.1, 0.15) is 0 Å². The first kappa shape index (κ1) is 12.9. The van der Waals surface area contributed by atoms with Crippen LogP contribution in [0.25, 0.3) is 0 Å². The van der Waals surface area contributed by atoms with Gasteiger partial charge < -0.3 is 10.5 Å². The minimum absolute atomic E-state index is 0.284. The maximum Gasteiger partial charge on any atom is 0.0471 e. The van der Waals surface area contributed by atoms with E-state index in [0.717, 1.165) is 32.6 Å². The summed E-state index contributed by atoms with van der Waals surface area (Å²) in [4.78, 5) is 0. The van der Waals surface area contributed by atoms with Gasteiger partial charge in [-0.05, 0) is 31.2 Å². The molecule has 0 aliphatic heterocycles. The van der Waals surface area contributed by atoms with Crippen LogP contribution in [0.1, 0.15) is 46.5 Å². The summed E-state index contributed by atoms with van der Waals surface area (Å²) in [5.41, 5.74) is 5.99. The van der Waals surface area contributed by atoms with Gasteiger partial charge in [-0.3, -0.25) is 0 Å². The van der Waals surface area contributed by atoms with Gasteiger partial charge in [-0.2, -0.15) is 0 Å². The number of unbranched alkanes of at least 4 members (excludes halogenated alkanes) is 1. The predicted octanol–water partition coefficient (Wildman–Crippen LogP) is 2.57. The lowest BCUT2D eigenvalue weighted by molar-refractivity contribution is 0.0974. The van der Waals surface area contributed by atoms with E-state index in [1.807, 2.05) is 0 Å². The van der Waals surface area contributed by atoms with Crippen LogP contribution < -0.4 is 5.73 Å². The first-order valence-corrected chi connectivity index (χ1v) is 5.46. The molecule has 1 atom stereocenters. The zero-order valence-electron chi connectivity index (χ0n) is 9.44. The van der Waals surface area contributed by atoms with Crippen LogP contribution in [0, 0.1) is 5.41 Å². The van der Waals surface area contributed by atoms with Gasteiger partial charge in [-0.1, -0.05) is 27.2 Å². The molecule has 0 radical (unpaired) electrons. The molecule has 2 nitrogen and oxygen atoms in total. The van der Waals surface area contributed by atoms with E-state index in [-0.39, 0.29) is 5.41 Å². The molecule has 0 heterocycles. The second-order valence-corrected chi connectivity index (χ2v) is 4.08. The molecule has 0 aliphatic carbocycles. The fraction of sp³-hybridized carbons (Fsp3) is 1.00. The van der Waals surface area contributed by atoms with Crippen molar-refractivity contribution in [2.75, 3.05) is 19.8 Å². The average Bonchev–Trinajstić information content (AvgIpc) is 2.17. The van der Waals surface area contributed by atoms with Crippen molar-refractivity contribution in [2.45, 2.75) is 46.5 Å². The largest absolute Gasteiger partial charge is 0.381 e. The van der Waals surface area contributed by atoms with Crippen LogP contribution in [-0.2, 0) is 4.74 Å². The van der Waals surface area contributed by atoms with Crippen LogP contribution in [0.3, 0.4) is 0 Å². The second-order valence-electron chi connectivity index (χ2n) is 4.08. The lowest BCUT2D eigenvalue weighted by Crippen LogP contribution is -2.27. The minimum Gasteiger partial charge on any atom is -0.381 e. The SMILES string of the molecule is CCCCOCCC(C)(CC)CN. The van der Waals surface area contributed by atoms with Crippen LogP contribution >= 0.6 is 0 Å². The molecule has 0 saturated carbocycles. The molecule has 0 spiro atoms. The van der Waals surface area contributed by atoms with E-state index in [2.05, 4.69) is 20.8 Å². The molecule has 0 aromatic carbocycles. The third-order valence-corrected chi connectivity index (χ3v) is 2.84. The zero-order chi connectivity index (χ0) is 10.2. The highest BCUT2D eigenvalue weighted by Crippen LogP contribution is 2.23. The van der Waals surface area contributed by atoms with Gasteiger partial charge in [0.25, 0.3) is 0 Å². The van der Waals surface area contributed by atoms with Gasteiger partial charge in [0.2, 0.25) is 0 Å². The maximum absolute atomic E-state index is 5.70. The van der Waals surface area contributed by atoms with Crippen molar-refractivity contribution in [3.05, 3.63) is 0 Å². The first-order chi connectivity index (χ1) is 6.18. The number of rotatable bonds is 8. The molecule has 0 rings (SSSR count). The normalized spacial score (nSPS) is 15.7. The number of nitrogens with two attached hydrogens (primary N) is 1. The summed E-state index contributed by atoms with van der Waals surface area (Å²) in [7, 11) is 0. The van der Waals surface area contributed by atoms with Gasteiger partial charge in [0, 0.05) is 13.2 Å². The van der Waals surface area contributed by atoms with Crippen molar-refractivity contribution in [2.24, 2.45) is 11.1 Å². The molecule has 0 bridgehead atoms. The smallest absolute Gasteiger partial charge is 0.0471 e. The predicted molar refractivity (Wildman–Crippen MR) is 57.8 cm³/mol. The number of hydrogen-bond donors (Lipinski definition) is 1. The van der Waals surface area contributed by atoms with Crippen molar-refractivity contribution in [1.29, 1.82) is 0 Å². The standard InChI is InChI=1S/C11H25NO/c1-4-6-8-13-9-7-11(3,5-2)10-12/h4-10,12H2,1-3H3. The lowest BCUT2D eigenvalue weighted by atomic mass is 9.84. The van der Waals surface area contributed by atoms with Crippen LogP contribution in [0.4, 0.5) is 0 Å². The third-order valence-electron chi connectivity index (χ3n) is 2.84. The highest BCUT2D eigenvalue weighted by atomic mass is 16.5. The third kappa shape index (κ3) is 6.05. The second kappa shape index (κ2) is 7.34. The Morgan fingerprint density at radius 3 is 2.38 bits per heavy atom. The van der Waals surface area contributed by atoms with Gasteiger partial charge in [-0.15, -0.1) is 0 Å². The maximum atomic E-state index is 5.70. The Kier molecular flexibility index (Phi) is 7.29. The molecule has 0 amide bonds. The molecular formula is C11H25NO. The topological polar surface area (TPSA) is 35.2 Å². The molecule has 2 N–H and O–H groups in total. The molecule has 0 aliphatic rings. The summed E-state index contributed by atoms with van der Waals surface area (Å²) in [6.07, 6.45) is 4.61. The molecule has 0 aromatic rings. The molecule has 13 heavy (non-hydrogen) atoms. The van der Waals surface area contributed by atoms with E-state index >= 15 is 0 Å². The van der Waals surface area contributed by atoms with Crippen molar-refractivity contribution in [1.82, 2.24) is 0 Å². The minimum atomic E-state index is 0.284. The number of ether oxygens (including phenoxy) is 1. The Morgan fingerprint density at radius 1 is 1.23 bits per heavy atom. The van der Waals surface area contributed by atoms with Crippen LogP contribution in [0.2, 0.25) is 0 Å². The van der Waals surface area contributed by atoms with Gasteiger partial charge in [-0.25, -0.2) is 0 Å². The fourth-order valence-electron chi connectivity index (χ4n) is 1.09. The van der Waals surface area contributed by atoms with E-state index in [4.69, 9.17) is 10.5 Å². The molecule has 80 valence electrons. The summed E-state index contributed by atoms with van der Waals surface area (Å²) in [6.45, 7) is 9.14. The van der Waals surface area contributed by atoms with Crippen LogP contribution in [-0.4, -0.2) is 19.8 Å². The molecule has 0 saturated heterocycles. The Morgan fingerprint density at radius 2 is 1.92 bits per heavy atom. The van der Waals surface area contributed by atoms with E-state index in [9.17, 15) is 0 Å². The van der Waals surface area contributed by atoms with E-state index in [0.29, 0.717) is 0 Å². The number of hydrogen-bond acceptors (Lipinski definition) is 2. The van der Waals surface area contributed by atoms with Crippen molar-refractivity contribution in [3.8, 4) is 0 Å². The molecule has 0 aromatic heterocycles. The summed E-state index contributed by atoms with van der Waals surface area (Å²) < 4.78 is 5.52. The van der Waals surface area contributed by atoms with Gasteiger partial charge in [0.15, 0.2) is 0 Å². The Balaban J connectivity index is 3.39. The summed E-state index contributed by atoms with van der Waals surface area (Å²) in [5.74, 6) is 0. The lowest BCUT2D eigenvalue weighted by Gasteiger charge is -2.25. The first-order valence-electron chi connectivity index (χ1n) is 5.46. The summed E-state index contributed by atoms with van der Waals surface area (Å²) in [5, 5.41) is 0.